The van der Waals surface area contributed by atoms with E-state index >= 15 is 0 Å². The van der Waals surface area contributed by atoms with Crippen molar-refractivity contribution < 1.29 is 14.3 Å². The van der Waals surface area contributed by atoms with E-state index in [2.05, 4.69) is 46.9 Å². The largest absolute Gasteiger partial charge is 0.490 e. The fraction of sp³-hybridized carbons (Fsp3) is 0.560. The van der Waals surface area contributed by atoms with Crippen LogP contribution in [-0.2, 0) is 9.53 Å². The van der Waals surface area contributed by atoms with Gasteiger partial charge in [-0.2, -0.15) is 0 Å². The van der Waals surface area contributed by atoms with Crippen LogP contribution in [0.4, 0.5) is 5.69 Å². The van der Waals surface area contributed by atoms with Crippen LogP contribution in [-0.4, -0.2) is 24.7 Å². The van der Waals surface area contributed by atoms with Gasteiger partial charge in [-0.3, -0.25) is 4.79 Å². The molecule has 0 heterocycles. The fourth-order valence-corrected chi connectivity index (χ4v) is 3.87. The van der Waals surface area contributed by atoms with Gasteiger partial charge < -0.3 is 14.8 Å². The molecule has 2 aromatic carbocycles. The van der Waals surface area contributed by atoms with Crippen LogP contribution in [0.25, 0.3) is 10.8 Å². The number of carbonyl (C=O) groups is 1. The molecule has 0 saturated carbocycles. The smallest absolute Gasteiger partial charge is 0.256 e. The van der Waals surface area contributed by atoms with Gasteiger partial charge in [0.25, 0.3) is 5.91 Å². The Morgan fingerprint density at radius 1 is 0.966 bits per heavy atom. The molecule has 160 valence electrons. The first kappa shape index (κ1) is 23.2. The van der Waals surface area contributed by atoms with E-state index in [1.165, 1.54) is 0 Å². The predicted molar refractivity (Wildman–Crippen MR) is 122 cm³/mol. The maximum atomic E-state index is 13.4. The molecule has 4 heteroatoms. The van der Waals surface area contributed by atoms with Crippen molar-refractivity contribution in [3.8, 4) is 5.75 Å². The van der Waals surface area contributed by atoms with Crippen molar-refractivity contribution in [1.82, 2.24) is 0 Å². The number of methoxy groups -OCH3 is 1. The van der Waals surface area contributed by atoms with E-state index in [0.29, 0.717) is 24.7 Å². The average Bonchev–Trinajstić information content (AvgIpc) is 2.68. The molecule has 29 heavy (non-hydrogen) atoms. The lowest BCUT2D eigenvalue weighted by Crippen LogP contribution is -2.47. The molecule has 4 nitrogen and oxygen atoms in total. The van der Waals surface area contributed by atoms with E-state index in [0.717, 1.165) is 28.6 Å². The lowest BCUT2D eigenvalue weighted by molar-refractivity contribution is -0.142. The predicted octanol–water partition coefficient (Wildman–Crippen LogP) is 6.43. The number of benzene rings is 2. The van der Waals surface area contributed by atoms with Crippen LogP contribution in [0.5, 0.6) is 5.75 Å². The summed E-state index contributed by atoms with van der Waals surface area (Å²) in [5.74, 6) is 1.46. The summed E-state index contributed by atoms with van der Waals surface area (Å²) in [5.41, 5.74) is -0.0500. The monoisotopic (exact) mass is 399 g/mol. The minimum absolute atomic E-state index is 0.0804. The van der Waals surface area contributed by atoms with Crippen molar-refractivity contribution in [2.45, 2.75) is 72.5 Å². The zero-order valence-corrected chi connectivity index (χ0v) is 19.0. The summed E-state index contributed by atoms with van der Waals surface area (Å²) in [4.78, 5) is 13.4. The van der Waals surface area contributed by atoms with E-state index < -0.39 is 5.60 Å². The molecule has 0 aromatic heterocycles. The Labute approximate surface area is 176 Å². The quantitative estimate of drug-likeness (QED) is 0.500. The van der Waals surface area contributed by atoms with Gasteiger partial charge >= 0.3 is 0 Å². The van der Waals surface area contributed by atoms with Crippen LogP contribution in [0.3, 0.4) is 0 Å². The molecular weight excluding hydrogens is 362 g/mol. The molecule has 1 amide bonds. The molecule has 1 N–H and O–H groups in total. The van der Waals surface area contributed by atoms with Crippen LogP contribution in [0.15, 0.2) is 36.4 Å². The van der Waals surface area contributed by atoms with Crippen LogP contribution in [0.2, 0.25) is 0 Å². The molecule has 0 saturated heterocycles. The van der Waals surface area contributed by atoms with Crippen molar-refractivity contribution in [3.63, 3.8) is 0 Å². The number of fused-ring (bicyclic) bond motifs is 1. The highest BCUT2D eigenvalue weighted by atomic mass is 16.5. The van der Waals surface area contributed by atoms with Gasteiger partial charge in [0, 0.05) is 23.6 Å². The van der Waals surface area contributed by atoms with Gasteiger partial charge in [0.15, 0.2) is 0 Å². The Morgan fingerprint density at radius 2 is 1.55 bits per heavy atom. The van der Waals surface area contributed by atoms with Gasteiger partial charge in [-0.15, -0.1) is 0 Å². The average molecular weight is 400 g/mol. The van der Waals surface area contributed by atoms with Gasteiger partial charge in [-0.25, -0.2) is 0 Å². The number of rotatable bonds is 10. The van der Waals surface area contributed by atoms with E-state index in [4.69, 9.17) is 9.47 Å². The summed E-state index contributed by atoms with van der Waals surface area (Å²) < 4.78 is 12.0. The molecule has 0 aliphatic rings. The number of carbonyl (C=O) groups excluding carboxylic acids is 1. The molecule has 0 unspecified atom stereocenters. The maximum absolute atomic E-state index is 13.4. The Morgan fingerprint density at radius 3 is 2.07 bits per heavy atom. The third-order valence-electron chi connectivity index (χ3n) is 5.32. The fourth-order valence-electron chi connectivity index (χ4n) is 3.87. The first-order valence-electron chi connectivity index (χ1n) is 10.8. The number of hydrogen-bond donors (Lipinski definition) is 1. The maximum Gasteiger partial charge on any atom is 0.256 e. The molecule has 1 atom stereocenters. The number of amides is 1. The van der Waals surface area contributed by atoms with Crippen molar-refractivity contribution in [2.75, 3.05) is 12.4 Å². The Bertz CT molecular complexity index is 803. The second-order valence-corrected chi connectivity index (χ2v) is 8.84. The summed E-state index contributed by atoms with van der Waals surface area (Å²) in [6.45, 7) is 12.7. The molecule has 0 radical (unpaired) electrons. The van der Waals surface area contributed by atoms with Crippen LogP contribution >= 0.6 is 0 Å². The summed E-state index contributed by atoms with van der Waals surface area (Å²) in [6, 6.07) is 11.9. The molecule has 2 rings (SSSR count). The van der Waals surface area contributed by atoms with E-state index in [1.807, 2.05) is 36.4 Å². The van der Waals surface area contributed by atoms with Crippen LogP contribution < -0.4 is 10.1 Å². The minimum atomic E-state index is -0.838. The van der Waals surface area contributed by atoms with Gasteiger partial charge in [0.2, 0.25) is 0 Å². The van der Waals surface area contributed by atoms with Crippen molar-refractivity contribution in [1.29, 1.82) is 0 Å². The number of anilines is 1. The highest BCUT2D eigenvalue weighted by Crippen LogP contribution is 2.35. The summed E-state index contributed by atoms with van der Waals surface area (Å²) in [5, 5.41) is 5.14. The minimum Gasteiger partial charge on any atom is -0.490 e. The van der Waals surface area contributed by atoms with Crippen molar-refractivity contribution in [2.24, 2.45) is 11.8 Å². The standard InChI is InChI=1S/C25H37NO3/c1-8-19(6)29-23-14-13-22(20-11-9-10-12-21(20)23)26-24(27)25(28-7,15-17(2)3)16-18(4)5/h9-14,17-19H,8,15-16H2,1-7H3,(H,26,27)/t19-/m1/s1. The van der Waals surface area contributed by atoms with E-state index in [1.54, 1.807) is 7.11 Å². The number of hydrogen-bond acceptors (Lipinski definition) is 3. The lowest BCUT2D eigenvalue weighted by atomic mass is 9.84. The van der Waals surface area contributed by atoms with Gasteiger partial charge in [0.05, 0.1) is 6.10 Å². The molecule has 0 aliphatic heterocycles. The number of nitrogens with one attached hydrogen (secondary N) is 1. The number of ether oxygens (including phenoxy) is 2. The second-order valence-electron chi connectivity index (χ2n) is 8.84. The molecule has 2 aromatic rings. The Kier molecular flexibility index (Phi) is 8.09. The van der Waals surface area contributed by atoms with Gasteiger partial charge in [-0.1, -0.05) is 58.9 Å². The van der Waals surface area contributed by atoms with Gasteiger partial charge in [-0.05, 0) is 50.2 Å². The van der Waals surface area contributed by atoms with Crippen molar-refractivity contribution in [3.05, 3.63) is 36.4 Å². The lowest BCUT2D eigenvalue weighted by Gasteiger charge is -2.34. The molecular formula is C25H37NO3. The van der Waals surface area contributed by atoms with Crippen LogP contribution in [0, 0.1) is 11.8 Å². The van der Waals surface area contributed by atoms with Crippen molar-refractivity contribution >= 4 is 22.4 Å². The normalized spacial score (nSPS) is 13.1. The first-order chi connectivity index (χ1) is 13.7. The Hall–Kier alpha value is -2.07. The summed E-state index contributed by atoms with van der Waals surface area (Å²) in [7, 11) is 1.64. The third kappa shape index (κ3) is 5.72. The molecule has 0 aliphatic carbocycles. The Balaban J connectivity index is 2.41. The third-order valence-corrected chi connectivity index (χ3v) is 5.32. The molecule has 0 spiro atoms. The molecule has 0 fully saturated rings. The molecule has 0 bridgehead atoms. The zero-order chi connectivity index (χ0) is 21.6. The van der Waals surface area contributed by atoms with E-state index in [-0.39, 0.29) is 12.0 Å². The highest BCUT2D eigenvalue weighted by Gasteiger charge is 2.40. The summed E-state index contributed by atoms with van der Waals surface area (Å²) in [6.07, 6.45) is 2.44. The van der Waals surface area contributed by atoms with Gasteiger partial charge in [0.1, 0.15) is 11.4 Å². The summed E-state index contributed by atoms with van der Waals surface area (Å²) >= 11 is 0. The SMILES string of the molecule is CC[C@@H](C)Oc1ccc(NC(=O)C(CC(C)C)(CC(C)C)OC)c2ccccc12. The highest BCUT2D eigenvalue weighted by molar-refractivity contribution is 6.06. The van der Waals surface area contributed by atoms with E-state index in [9.17, 15) is 4.79 Å². The first-order valence-corrected chi connectivity index (χ1v) is 10.8. The van der Waals surface area contributed by atoms with Crippen LogP contribution in [0.1, 0.15) is 60.8 Å². The second kappa shape index (κ2) is 10.1. The topological polar surface area (TPSA) is 47.6 Å². The zero-order valence-electron chi connectivity index (χ0n) is 19.0.